The van der Waals surface area contributed by atoms with Crippen molar-refractivity contribution in [3.8, 4) is 28.9 Å². The molecule has 0 spiro atoms. The Morgan fingerprint density at radius 3 is 2.49 bits per heavy atom. The molecule has 1 aliphatic heterocycles. The van der Waals surface area contributed by atoms with Crippen LogP contribution in [0.15, 0.2) is 47.0 Å². The Kier molecular flexibility index (Phi) is 6.34. The number of amides is 1. The molecule has 3 aromatic rings. The van der Waals surface area contributed by atoms with Crippen molar-refractivity contribution in [3.05, 3.63) is 54.2 Å². The maximum absolute atomic E-state index is 13.6. The summed E-state index contributed by atoms with van der Waals surface area (Å²) in [6.07, 6.45) is 5.13. The predicted molar refractivity (Wildman–Crippen MR) is 153 cm³/mol. The fourth-order valence-electron chi connectivity index (χ4n) is 6.38. The van der Waals surface area contributed by atoms with Crippen LogP contribution in [0.5, 0.6) is 0 Å². The molecule has 0 radical (unpaired) electrons. The van der Waals surface area contributed by atoms with Gasteiger partial charge in [0.25, 0.3) is 0 Å². The first-order valence-corrected chi connectivity index (χ1v) is 16.1. The zero-order chi connectivity index (χ0) is 28.4. The fourth-order valence-corrected chi connectivity index (χ4v) is 7.61. The molecular weight excluding hydrogens is 545 g/mol. The lowest BCUT2D eigenvalue weighted by atomic mass is 9.76. The maximum atomic E-state index is 13.6. The van der Waals surface area contributed by atoms with Crippen LogP contribution in [-0.2, 0) is 4.79 Å². The first-order chi connectivity index (χ1) is 19.7. The van der Waals surface area contributed by atoms with Gasteiger partial charge in [0.05, 0.1) is 23.8 Å². The van der Waals surface area contributed by atoms with Crippen LogP contribution >= 0.6 is 10.6 Å². The van der Waals surface area contributed by atoms with Gasteiger partial charge in [0, 0.05) is 36.2 Å². The minimum Gasteiger partial charge on any atom is -0.439 e. The molecule has 4 atom stereocenters. The highest BCUT2D eigenvalue weighted by molar-refractivity contribution is 8.24. The molecule has 2 aromatic heterocycles. The molecule has 214 valence electrons. The van der Waals surface area contributed by atoms with Gasteiger partial charge in [-0.2, -0.15) is 15.9 Å². The van der Waals surface area contributed by atoms with Gasteiger partial charge in [-0.15, -0.1) is 0 Å². The van der Waals surface area contributed by atoms with Crippen molar-refractivity contribution in [1.29, 1.82) is 5.26 Å². The van der Waals surface area contributed by atoms with Crippen molar-refractivity contribution in [3.63, 3.8) is 0 Å². The Morgan fingerprint density at radius 2 is 1.83 bits per heavy atom. The molecule has 4 unspecified atom stereocenters. The average molecular weight is 578 g/mol. The van der Waals surface area contributed by atoms with E-state index in [0.29, 0.717) is 66.4 Å². The summed E-state index contributed by atoms with van der Waals surface area (Å²) in [5.74, 6) is 1.56. The van der Waals surface area contributed by atoms with Gasteiger partial charge < -0.3 is 14.6 Å². The SMILES string of the molecule is N#CC1(NC(=O)C2CC3CC3CC2c2oc(-c3ccc(F)cn3)nc2-c2ccc(N3CCS(O)(O)CC3)cc2)CC1. The first kappa shape index (κ1) is 26.4. The normalized spacial score (nSPS) is 28.2. The van der Waals surface area contributed by atoms with Crippen LogP contribution in [0.2, 0.25) is 0 Å². The Hall–Kier alpha value is -3.46. The van der Waals surface area contributed by atoms with Crippen molar-refractivity contribution < 1.29 is 22.7 Å². The maximum Gasteiger partial charge on any atom is 0.245 e. The van der Waals surface area contributed by atoms with Crippen LogP contribution in [0.25, 0.3) is 22.8 Å². The largest absolute Gasteiger partial charge is 0.439 e. The van der Waals surface area contributed by atoms with E-state index in [1.165, 1.54) is 12.1 Å². The molecular formula is C30H32FN5O4S. The topological polar surface area (TPSA) is 136 Å². The molecule has 3 aliphatic carbocycles. The summed E-state index contributed by atoms with van der Waals surface area (Å²) in [6.45, 7) is 1.14. The number of carbonyl (C=O) groups excluding carboxylic acids is 1. The zero-order valence-corrected chi connectivity index (χ0v) is 23.3. The second kappa shape index (κ2) is 9.82. The molecule has 3 N–H and O–H groups in total. The Morgan fingerprint density at radius 1 is 1.10 bits per heavy atom. The molecule has 41 heavy (non-hydrogen) atoms. The van der Waals surface area contributed by atoms with Crippen molar-refractivity contribution >= 4 is 22.2 Å². The van der Waals surface area contributed by atoms with Crippen molar-refractivity contribution in [2.24, 2.45) is 17.8 Å². The van der Waals surface area contributed by atoms with E-state index in [0.717, 1.165) is 36.7 Å². The summed E-state index contributed by atoms with van der Waals surface area (Å²) in [6, 6.07) is 13.0. The molecule has 3 heterocycles. The molecule has 7 rings (SSSR count). The fraction of sp³-hybridized carbons (Fsp3) is 0.467. The van der Waals surface area contributed by atoms with Crippen molar-refractivity contribution in [1.82, 2.24) is 15.3 Å². The standard InChI is InChI=1S/C30H32FN5O4S/c31-21-3-6-25(33-16-21)29-34-26(18-1-4-22(5-2-18)36-9-11-41(38,39)12-10-36)27(40-29)23-14-19-13-20(19)15-24(23)28(37)35-30(17-32)7-8-30/h1-6,16,19-20,23-24,38-39H,7-15H2,(H,35,37). The summed E-state index contributed by atoms with van der Waals surface area (Å²) in [7, 11) is -2.49. The smallest absolute Gasteiger partial charge is 0.245 e. The third-order valence-corrected chi connectivity index (χ3v) is 10.8. The summed E-state index contributed by atoms with van der Waals surface area (Å²) in [5.41, 5.74) is 2.11. The van der Waals surface area contributed by atoms with E-state index >= 15 is 0 Å². The lowest BCUT2D eigenvalue weighted by molar-refractivity contribution is -0.127. The molecule has 0 bridgehead atoms. The molecule has 11 heteroatoms. The van der Waals surface area contributed by atoms with Crippen LogP contribution in [0.1, 0.15) is 43.8 Å². The number of halogens is 1. The number of hydrogen-bond acceptors (Lipinski definition) is 8. The first-order valence-electron chi connectivity index (χ1n) is 14.2. The van der Waals surface area contributed by atoms with E-state index in [2.05, 4.69) is 21.3 Å². The number of carbonyl (C=O) groups is 1. The number of benzene rings is 1. The minimum absolute atomic E-state index is 0.102. The second-order valence-electron chi connectivity index (χ2n) is 12.0. The van der Waals surface area contributed by atoms with Crippen LogP contribution in [0, 0.1) is 34.9 Å². The van der Waals surface area contributed by atoms with E-state index in [1.807, 2.05) is 24.3 Å². The summed E-state index contributed by atoms with van der Waals surface area (Å²) < 4.78 is 40.0. The van der Waals surface area contributed by atoms with E-state index in [-0.39, 0.29) is 23.6 Å². The highest BCUT2D eigenvalue weighted by Crippen LogP contribution is 2.58. The van der Waals surface area contributed by atoms with Gasteiger partial charge in [-0.05, 0) is 68.2 Å². The summed E-state index contributed by atoms with van der Waals surface area (Å²) in [4.78, 5) is 24.7. The zero-order valence-electron chi connectivity index (χ0n) is 22.5. The third kappa shape index (κ3) is 5.20. The van der Waals surface area contributed by atoms with Gasteiger partial charge >= 0.3 is 0 Å². The monoisotopic (exact) mass is 577 g/mol. The molecule has 9 nitrogen and oxygen atoms in total. The Bertz CT molecular complexity index is 1510. The van der Waals surface area contributed by atoms with Crippen LogP contribution in [-0.4, -0.2) is 55.1 Å². The molecule has 1 saturated heterocycles. The second-order valence-corrected chi connectivity index (χ2v) is 14.4. The van der Waals surface area contributed by atoms with E-state index in [1.54, 1.807) is 0 Å². The van der Waals surface area contributed by atoms with Gasteiger partial charge in [-0.3, -0.25) is 13.9 Å². The quantitative estimate of drug-likeness (QED) is 0.354. The molecule has 4 fully saturated rings. The van der Waals surface area contributed by atoms with Crippen molar-refractivity contribution in [2.45, 2.75) is 43.6 Å². The van der Waals surface area contributed by atoms with E-state index in [4.69, 9.17) is 9.40 Å². The number of nitrogens with one attached hydrogen (secondary N) is 1. The number of nitriles is 1. The minimum atomic E-state index is -2.49. The predicted octanol–water partition coefficient (Wildman–Crippen LogP) is 5.42. The van der Waals surface area contributed by atoms with Gasteiger partial charge in [0.15, 0.2) is 0 Å². The third-order valence-electron chi connectivity index (χ3n) is 9.15. The van der Waals surface area contributed by atoms with E-state index in [9.17, 15) is 23.6 Å². The van der Waals surface area contributed by atoms with E-state index < -0.39 is 21.9 Å². The number of aromatic nitrogens is 2. The number of fused-ring (bicyclic) bond motifs is 1. The lowest BCUT2D eigenvalue weighted by Gasteiger charge is -2.41. The Balaban J connectivity index is 1.24. The molecule has 1 aromatic carbocycles. The van der Waals surface area contributed by atoms with Gasteiger partial charge in [-0.25, -0.2) is 14.4 Å². The van der Waals surface area contributed by atoms with Gasteiger partial charge in [0.1, 0.15) is 28.5 Å². The van der Waals surface area contributed by atoms with Crippen LogP contribution in [0.3, 0.4) is 0 Å². The molecule has 3 saturated carbocycles. The van der Waals surface area contributed by atoms with Gasteiger partial charge in [0.2, 0.25) is 11.8 Å². The lowest BCUT2D eigenvalue weighted by Crippen LogP contribution is -2.42. The van der Waals surface area contributed by atoms with Crippen LogP contribution in [0.4, 0.5) is 10.1 Å². The highest BCUT2D eigenvalue weighted by Gasteiger charge is 2.53. The number of anilines is 1. The molecule has 1 amide bonds. The number of nitrogens with zero attached hydrogens (tertiary/aromatic N) is 4. The van der Waals surface area contributed by atoms with Gasteiger partial charge in [-0.1, -0.05) is 12.1 Å². The summed E-state index contributed by atoms with van der Waals surface area (Å²) >= 11 is 0. The number of pyridine rings is 1. The molecule has 4 aliphatic rings. The number of hydrogen-bond donors (Lipinski definition) is 3. The summed E-state index contributed by atoms with van der Waals surface area (Å²) in [5, 5.41) is 12.6. The van der Waals surface area contributed by atoms with Crippen LogP contribution < -0.4 is 10.2 Å². The Labute approximate surface area is 239 Å². The highest BCUT2D eigenvalue weighted by atomic mass is 32.3. The average Bonchev–Trinajstić information content (AvgIpc) is 3.88. The number of oxazole rings is 1. The number of rotatable bonds is 6. The van der Waals surface area contributed by atoms with Crippen molar-refractivity contribution in [2.75, 3.05) is 29.5 Å².